The van der Waals surface area contributed by atoms with Crippen molar-refractivity contribution in [3.8, 4) is 11.5 Å². The molecule has 0 saturated carbocycles. The van der Waals surface area contributed by atoms with Crippen molar-refractivity contribution in [1.82, 2.24) is 15.2 Å². The van der Waals surface area contributed by atoms with Crippen molar-refractivity contribution in [3.63, 3.8) is 0 Å². The van der Waals surface area contributed by atoms with E-state index in [4.69, 9.17) is 10.6 Å². The molecule has 3 unspecified atom stereocenters. The fourth-order valence-electron chi connectivity index (χ4n) is 4.70. The van der Waals surface area contributed by atoms with Gasteiger partial charge in [-0.15, -0.1) is 34.9 Å². The summed E-state index contributed by atoms with van der Waals surface area (Å²) in [5.41, 5.74) is 5.00. The molecule has 1 saturated heterocycles. The van der Waals surface area contributed by atoms with Gasteiger partial charge in [-0.25, -0.2) is 19.1 Å². The largest absolute Gasteiger partial charge is 0.504 e. The van der Waals surface area contributed by atoms with E-state index < -0.39 is 58.5 Å². The van der Waals surface area contributed by atoms with Gasteiger partial charge in [-0.1, -0.05) is 23.4 Å². The van der Waals surface area contributed by atoms with Gasteiger partial charge < -0.3 is 36.3 Å². The first-order valence-corrected chi connectivity index (χ1v) is 16.8. The number of aromatic hydroxyl groups is 2. The summed E-state index contributed by atoms with van der Waals surface area (Å²) in [5, 5.41) is 46.6. The van der Waals surface area contributed by atoms with Crippen LogP contribution >= 0.6 is 34.9 Å². The van der Waals surface area contributed by atoms with Gasteiger partial charge in [-0.2, -0.15) is 0 Å². The molecule has 2 aromatic heterocycles. The number of amides is 2. The number of pyridine rings is 1. The molecule has 4 heterocycles. The first-order valence-electron chi connectivity index (χ1n) is 13.6. The number of carboxylic acid groups (broad SMARTS) is 2. The molecule has 0 bridgehead atoms. The van der Waals surface area contributed by atoms with Gasteiger partial charge in [-0.05, 0) is 24.0 Å². The minimum atomic E-state index is -1.95. The molecule has 0 spiro atoms. The van der Waals surface area contributed by atoms with Crippen LogP contribution in [0.5, 0.6) is 11.5 Å². The van der Waals surface area contributed by atoms with Gasteiger partial charge in [-0.3, -0.25) is 14.5 Å². The number of rotatable bonds is 12. The first-order chi connectivity index (χ1) is 22.5. The van der Waals surface area contributed by atoms with E-state index in [-0.39, 0.29) is 27.8 Å². The molecule has 18 heteroatoms. The van der Waals surface area contributed by atoms with Crippen LogP contribution in [0, 0.1) is 0 Å². The number of phenolic OH excluding ortho intramolecular Hbond substituents is 2. The Hall–Kier alpha value is -5.07. The van der Waals surface area contributed by atoms with Crippen LogP contribution in [0.3, 0.4) is 0 Å². The zero-order valence-electron chi connectivity index (χ0n) is 24.3. The van der Waals surface area contributed by atoms with E-state index in [1.165, 1.54) is 29.3 Å². The number of hydrogen-bond acceptors (Lipinski definition) is 13. The number of allylic oxidation sites excluding steroid dienone is 2. The van der Waals surface area contributed by atoms with Crippen molar-refractivity contribution < 1.29 is 49.0 Å². The number of fused-ring (bicyclic) bond motifs is 1. The number of hydrogen-bond donors (Lipinski definition) is 6. The number of thiazole rings is 1. The molecule has 7 N–H and O–H groups in total. The number of oxime groups is 1. The standard InChI is InChI=1S/C29H26N6O9S3/c1-45-15-7-10-34(11-8-15)9-3-4-14-12-46-26-20(25(39)35(26)21(14)27(40)41)32-24(38)19(17-13-47-29(30)31-17)33-44-23(28(42)43)16-5-2-6-18(36)22(16)37/h2-8,10-11,13,20,23,26H,9,12H2,1H3,(H6-,30,31,32,33,36,37,38,40,41,42,43)/p+1. The van der Waals surface area contributed by atoms with E-state index in [1.807, 2.05) is 35.3 Å². The summed E-state index contributed by atoms with van der Waals surface area (Å²) in [6.45, 7) is 0.477. The van der Waals surface area contributed by atoms with Gasteiger partial charge in [0.15, 0.2) is 41.3 Å². The number of carbonyl (C=O) groups is 4. The highest BCUT2D eigenvalue weighted by molar-refractivity contribution is 8.00. The Morgan fingerprint density at radius 1 is 1.26 bits per heavy atom. The molecule has 2 aliphatic heterocycles. The number of thioether (sulfide) groups is 2. The smallest absolute Gasteiger partial charge is 0.352 e. The van der Waals surface area contributed by atoms with Gasteiger partial charge >= 0.3 is 11.9 Å². The quantitative estimate of drug-likeness (QED) is 0.0395. The highest BCUT2D eigenvalue weighted by Gasteiger charge is 2.54. The zero-order chi connectivity index (χ0) is 33.8. The number of aromatic nitrogens is 2. The van der Waals surface area contributed by atoms with E-state index in [9.17, 15) is 39.6 Å². The number of nitrogens with two attached hydrogens (primary N) is 1. The van der Waals surface area contributed by atoms with Crippen LogP contribution < -0.4 is 15.6 Å². The lowest BCUT2D eigenvalue weighted by atomic mass is 10.0. The highest BCUT2D eigenvalue weighted by Crippen LogP contribution is 2.41. The van der Waals surface area contributed by atoms with Gasteiger partial charge in [0.2, 0.25) is 0 Å². The molecule has 0 radical (unpaired) electrons. The Morgan fingerprint density at radius 3 is 2.64 bits per heavy atom. The number of nitrogens with one attached hydrogen (secondary N) is 1. The molecule has 2 aliphatic rings. The Balaban J connectivity index is 1.34. The molecule has 47 heavy (non-hydrogen) atoms. The molecule has 244 valence electrons. The number of para-hydroxylation sites is 1. The van der Waals surface area contributed by atoms with Crippen LogP contribution in [0.15, 0.2) is 81.6 Å². The van der Waals surface area contributed by atoms with E-state index in [0.717, 1.165) is 27.2 Å². The van der Waals surface area contributed by atoms with Gasteiger partial charge in [0.25, 0.3) is 17.9 Å². The van der Waals surface area contributed by atoms with E-state index in [1.54, 1.807) is 23.9 Å². The Labute approximate surface area is 279 Å². The number of benzene rings is 1. The number of carbonyl (C=O) groups excluding carboxylic acids is 2. The van der Waals surface area contributed by atoms with Crippen LogP contribution in [0.25, 0.3) is 0 Å². The number of aliphatic carboxylic acids is 2. The lowest BCUT2D eigenvalue weighted by Gasteiger charge is -2.49. The number of β-lactam (4-membered cyclic amide) rings is 1. The average molecular weight is 700 g/mol. The second-order valence-electron chi connectivity index (χ2n) is 9.93. The summed E-state index contributed by atoms with van der Waals surface area (Å²) in [7, 11) is 0. The van der Waals surface area contributed by atoms with Crippen molar-refractivity contribution >= 4 is 69.5 Å². The molecule has 2 amide bonds. The molecule has 3 atom stereocenters. The number of carboxylic acids is 2. The third kappa shape index (κ3) is 7.03. The van der Waals surface area contributed by atoms with E-state index in [0.29, 0.717) is 12.1 Å². The fraction of sp³-hybridized carbons (Fsp3) is 0.207. The Kier molecular flexibility index (Phi) is 10.0. The second kappa shape index (κ2) is 14.1. The Morgan fingerprint density at radius 2 is 2.00 bits per heavy atom. The first kappa shape index (κ1) is 33.3. The maximum atomic E-state index is 13.5. The third-order valence-corrected chi connectivity index (χ3v) is 9.72. The fourth-order valence-corrected chi connectivity index (χ4v) is 6.96. The summed E-state index contributed by atoms with van der Waals surface area (Å²) in [5.74, 6) is -5.66. The van der Waals surface area contributed by atoms with Crippen molar-refractivity contribution in [2.75, 3.05) is 17.7 Å². The summed E-state index contributed by atoms with van der Waals surface area (Å²) in [4.78, 5) is 62.3. The number of anilines is 1. The van der Waals surface area contributed by atoms with Gasteiger partial charge in [0, 0.05) is 28.2 Å². The van der Waals surface area contributed by atoms with Crippen LogP contribution in [0.2, 0.25) is 0 Å². The molecule has 15 nitrogen and oxygen atoms in total. The lowest BCUT2D eigenvalue weighted by molar-refractivity contribution is -0.687. The van der Waals surface area contributed by atoms with Crippen LogP contribution in [-0.2, 0) is 30.6 Å². The predicted octanol–water partition coefficient (Wildman–Crippen LogP) is 1.69. The lowest BCUT2D eigenvalue weighted by Crippen LogP contribution is -2.71. The molecule has 1 fully saturated rings. The summed E-state index contributed by atoms with van der Waals surface area (Å²) in [6, 6.07) is 6.38. The monoisotopic (exact) mass is 699 g/mol. The van der Waals surface area contributed by atoms with Crippen molar-refractivity contribution in [2.45, 2.75) is 29.0 Å². The summed E-state index contributed by atoms with van der Waals surface area (Å²) >= 11 is 3.83. The van der Waals surface area contributed by atoms with Crippen molar-refractivity contribution in [1.29, 1.82) is 0 Å². The van der Waals surface area contributed by atoms with Crippen molar-refractivity contribution in [2.24, 2.45) is 5.16 Å². The topological polar surface area (TPSA) is 229 Å². The molecule has 0 aliphatic carbocycles. The third-order valence-electron chi connectivity index (χ3n) is 7.00. The molecular weight excluding hydrogens is 673 g/mol. The average Bonchev–Trinajstić information content (AvgIpc) is 3.48. The highest BCUT2D eigenvalue weighted by atomic mass is 32.2. The SMILES string of the molecule is CSc1cc[n+](CC=CC2=C(C(=O)O)N3C(=O)C(NC(=O)C(=NOC(C(=O)O)c4cccc(O)c4O)c4csc(N)n4)C3SC2)cc1. The predicted molar refractivity (Wildman–Crippen MR) is 172 cm³/mol. The van der Waals surface area contributed by atoms with Crippen molar-refractivity contribution in [3.05, 3.63) is 82.8 Å². The van der Waals surface area contributed by atoms with Gasteiger partial charge in [0.05, 0.1) is 5.56 Å². The molecule has 1 aromatic carbocycles. The van der Waals surface area contributed by atoms with Crippen LogP contribution in [0.4, 0.5) is 5.13 Å². The summed E-state index contributed by atoms with van der Waals surface area (Å²) in [6.07, 6.45) is 7.30. The minimum absolute atomic E-state index is 0.0573. The Bertz CT molecular complexity index is 1830. The van der Waals surface area contributed by atoms with Crippen LogP contribution in [-0.4, -0.2) is 83.2 Å². The number of phenols is 2. The van der Waals surface area contributed by atoms with Gasteiger partial charge in [0.1, 0.15) is 22.8 Å². The van der Waals surface area contributed by atoms with E-state index in [2.05, 4.69) is 15.5 Å². The molecule has 5 rings (SSSR count). The summed E-state index contributed by atoms with van der Waals surface area (Å²) < 4.78 is 1.92. The number of nitrogens with zero attached hydrogens (tertiary/aromatic N) is 4. The van der Waals surface area contributed by atoms with Crippen LogP contribution in [0.1, 0.15) is 17.4 Å². The molecular formula is C29H27N6O9S3+. The molecule has 3 aromatic rings. The minimum Gasteiger partial charge on any atom is -0.504 e. The maximum Gasteiger partial charge on any atom is 0.352 e. The maximum absolute atomic E-state index is 13.5. The normalized spacial score (nSPS) is 18.4. The zero-order valence-corrected chi connectivity index (χ0v) is 26.8. The second-order valence-corrected chi connectivity index (χ2v) is 12.8. The number of nitrogen functional groups attached to an aromatic ring is 1. The van der Waals surface area contributed by atoms with E-state index >= 15 is 0 Å².